The summed E-state index contributed by atoms with van der Waals surface area (Å²) in [5.74, 6) is 2.58. The Morgan fingerprint density at radius 1 is 1.12 bits per heavy atom. The fourth-order valence-corrected chi connectivity index (χ4v) is 5.64. The third-order valence-electron chi connectivity index (χ3n) is 3.47. The van der Waals surface area contributed by atoms with Crippen molar-refractivity contribution in [2.24, 2.45) is 0 Å². The van der Waals surface area contributed by atoms with Crippen molar-refractivity contribution in [3.8, 4) is 5.75 Å². The minimum atomic E-state index is -0.353. The fraction of sp³-hybridized carbons (Fsp3) is 0.211. The molecule has 0 aliphatic carbocycles. The Morgan fingerprint density at radius 2 is 1.88 bits per heavy atom. The maximum Gasteiger partial charge on any atom is 0.336 e. The van der Waals surface area contributed by atoms with Gasteiger partial charge in [0.15, 0.2) is 0 Å². The highest BCUT2D eigenvalue weighted by Crippen LogP contribution is 2.47. The van der Waals surface area contributed by atoms with Crippen LogP contribution in [0.15, 0.2) is 59.1 Å². The minimum absolute atomic E-state index is 0.317. The molecule has 1 heterocycles. The van der Waals surface area contributed by atoms with Gasteiger partial charge in [0.1, 0.15) is 5.75 Å². The van der Waals surface area contributed by atoms with Gasteiger partial charge >= 0.3 is 5.97 Å². The SMILES string of the molecule is O=C(C=Cc1ccccc1)Oc1ccc(Br)cc1C1SCCCS1. The van der Waals surface area contributed by atoms with E-state index in [4.69, 9.17) is 4.74 Å². The molecule has 1 aliphatic heterocycles. The number of carbonyl (C=O) groups is 1. The van der Waals surface area contributed by atoms with E-state index >= 15 is 0 Å². The molecule has 3 rings (SSSR count). The van der Waals surface area contributed by atoms with Crippen LogP contribution in [0.2, 0.25) is 0 Å². The third kappa shape index (κ3) is 4.91. The number of carbonyl (C=O) groups excluding carboxylic acids is 1. The molecular weight excluding hydrogens is 404 g/mol. The minimum Gasteiger partial charge on any atom is -0.423 e. The maximum absolute atomic E-state index is 12.2. The predicted octanol–water partition coefficient (Wildman–Crippen LogP) is 5.94. The first kappa shape index (κ1) is 17.6. The first-order valence-corrected chi connectivity index (χ1v) is 10.6. The van der Waals surface area contributed by atoms with Gasteiger partial charge in [-0.3, -0.25) is 0 Å². The van der Waals surface area contributed by atoms with Crippen molar-refractivity contribution in [1.82, 2.24) is 0 Å². The summed E-state index contributed by atoms with van der Waals surface area (Å²) >= 11 is 7.34. The van der Waals surface area contributed by atoms with Crippen LogP contribution in [0.1, 0.15) is 22.1 Å². The van der Waals surface area contributed by atoms with E-state index in [-0.39, 0.29) is 5.97 Å². The fourth-order valence-electron chi connectivity index (χ4n) is 2.33. The number of ether oxygens (including phenoxy) is 1. The van der Waals surface area contributed by atoms with Gasteiger partial charge in [0, 0.05) is 16.1 Å². The summed E-state index contributed by atoms with van der Waals surface area (Å²) in [6.45, 7) is 0. The number of thioether (sulfide) groups is 2. The second kappa shape index (κ2) is 8.79. The summed E-state index contributed by atoms with van der Waals surface area (Å²) in [6.07, 6.45) is 4.47. The van der Waals surface area contributed by atoms with E-state index in [0.29, 0.717) is 10.3 Å². The van der Waals surface area contributed by atoms with Gasteiger partial charge in [-0.25, -0.2) is 4.79 Å². The molecule has 0 saturated carbocycles. The highest BCUT2D eigenvalue weighted by Gasteiger charge is 2.21. The molecule has 124 valence electrons. The van der Waals surface area contributed by atoms with Crippen LogP contribution in [0.25, 0.3) is 6.08 Å². The normalized spacial score (nSPS) is 15.5. The smallest absolute Gasteiger partial charge is 0.336 e. The van der Waals surface area contributed by atoms with Crippen LogP contribution in [0.5, 0.6) is 5.75 Å². The van der Waals surface area contributed by atoms with Gasteiger partial charge in [0.2, 0.25) is 0 Å². The molecule has 0 unspecified atom stereocenters. The first-order chi connectivity index (χ1) is 11.7. The number of rotatable bonds is 4. The Labute approximate surface area is 159 Å². The lowest BCUT2D eigenvalue weighted by atomic mass is 10.2. The van der Waals surface area contributed by atoms with Crippen molar-refractivity contribution in [3.63, 3.8) is 0 Å². The quantitative estimate of drug-likeness (QED) is 0.347. The van der Waals surface area contributed by atoms with E-state index in [2.05, 4.69) is 22.0 Å². The zero-order valence-electron chi connectivity index (χ0n) is 13.0. The topological polar surface area (TPSA) is 26.3 Å². The maximum atomic E-state index is 12.2. The Balaban J connectivity index is 1.74. The molecule has 0 bridgehead atoms. The Kier molecular flexibility index (Phi) is 6.46. The van der Waals surface area contributed by atoms with Crippen LogP contribution in [0.3, 0.4) is 0 Å². The highest BCUT2D eigenvalue weighted by atomic mass is 79.9. The standard InChI is InChI=1S/C19H17BrO2S2/c20-15-8-9-17(16(13-15)19-23-11-4-12-24-19)22-18(21)10-7-14-5-2-1-3-6-14/h1-3,5-10,13,19H,4,11-12H2. The Bertz CT molecular complexity index is 725. The van der Waals surface area contributed by atoms with Crippen molar-refractivity contribution < 1.29 is 9.53 Å². The average Bonchev–Trinajstić information content (AvgIpc) is 2.63. The molecular formula is C19H17BrO2S2. The largest absolute Gasteiger partial charge is 0.423 e. The van der Waals surface area contributed by atoms with E-state index in [9.17, 15) is 4.79 Å². The molecule has 0 spiro atoms. The second-order valence-corrected chi connectivity index (χ2v) is 8.91. The lowest BCUT2D eigenvalue weighted by molar-refractivity contribution is -0.128. The van der Waals surface area contributed by atoms with E-state index in [1.807, 2.05) is 66.0 Å². The average molecular weight is 421 g/mol. The van der Waals surface area contributed by atoms with Crippen molar-refractivity contribution in [2.45, 2.75) is 11.0 Å². The molecule has 2 nitrogen and oxygen atoms in total. The summed E-state index contributed by atoms with van der Waals surface area (Å²) in [5, 5.41) is 0. The van der Waals surface area contributed by atoms with Crippen molar-refractivity contribution in [2.75, 3.05) is 11.5 Å². The molecule has 0 aromatic heterocycles. The summed E-state index contributed by atoms with van der Waals surface area (Å²) in [7, 11) is 0. The van der Waals surface area contributed by atoms with Gasteiger partial charge in [-0.15, -0.1) is 23.5 Å². The highest BCUT2D eigenvalue weighted by molar-refractivity contribution is 9.10. The molecule has 0 amide bonds. The van der Waals surface area contributed by atoms with Gasteiger partial charge in [0.05, 0.1) is 4.58 Å². The summed E-state index contributed by atoms with van der Waals surface area (Å²) in [4.78, 5) is 12.2. The van der Waals surface area contributed by atoms with Crippen molar-refractivity contribution >= 4 is 51.5 Å². The lowest BCUT2D eigenvalue weighted by Gasteiger charge is -2.23. The van der Waals surface area contributed by atoms with E-state index < -0.39 is 0 Å². The summed E-state index contributed by atoms with van der Waals surface area (Å²) in [5.41, 5.74) is 2.05. The molecule has 1 aliphatic rings. The monoisotopic (exact) mass is 420 g/mol. The number of benzene rings is 2. The van der Waals surface area contributed by atoms with E-state index in [1.54, 1.807) is 6.08 Å². The molecule has 1 fully saturated rings. The lowest BCUT2D eigenvalue weighted by Crippen LogP contribution is -2.08. The van der Waals surface area contributed by atoms with Gasteiger partial charge in [-0.05, 0) is 47.8 Å². The predicted molar refractivity (Wildman–Crippen MR) is 108 cm³/mol. The molecule has 5 heteroatoms. The Hall–Kier alpha value is -1.17. The first-order valence-electron chi connectivity index (χ1n) is 7.70. The van der Waals surface area contributed by atoms with E-state index in [0.717, 1.165) is 27.1 Å². The molecule has 0 N–H and O–H groups in total. The molecule has 1 saturated heterocycles. The van der Waals surface area contributed by atoms with Gasteiger partial charge in [-0.2, -0.15) is 0 Å². The van der Waals surface area contributed by atoms with Crippen LogP contribution in [0.4, 0.5) is 0 Å². The Morgan fingerprint density at radius 3 is 2.62 bits per heavy atom. The van der Waals surface area contributed by atoms with Crippen LogP contribution in [-0.4, -0.2) is 17.5 Å². The second-order valence-electron chi connectivity index (χ2n) is 5.27. The number of halogens is 1. The number of hydrogen-bond donors (Lipinski definition) is 0. The molecule has 2 aromatic rings. The molecule has 0 radical (unpaired) electrons. The molecule has 0 atom stereocenters. The number of hydrogen-bond acceptors (Lipinski definition) is 4. The molecule has 24 heavy (non-hydrogen) atoms. The van der Waals surface area contributed by atoms with Crippen LogP contribution >= 0.6 is 39.5 Å². The van der Waals surface area contributed by atoms with Crippen LogP contribution < -0.4 is 4.74 Å². The van der Waals surface area contributed by atoms with Crippen molar-refractivity contribution in [1.29, 1.82) is 0 Å². The van der Waals surface area contributed by atoms with Crippen LogP contribution in [-0.2, 0) is 4.79 Å². The van der Waals surface area contributed by atoms with Gasteiger partial charge in [0.25, 0.3) is 0 Å². The van der Waals surface area contributed by atoms with E-state index in [1.165, 1.54) is 12.5 Å². The van der Waals surface area contributed by atoms with Crippen molar-refractivity contribution in [3.05, 3.63) is 70.2 Å². The third-order valence-corrected chi connectivity index (χ3v) is 6.95. The zero-order valence-corrected chi connectivity index (χ0v) is 16.2. The van der Waals surface area contributed by atoms with Gasteiger partial charge < -0.3 is 4.74 Å². The molecule has 2 aromatic carbocycles. The van der Waals surface area contributed by atoms with Crippen LogP contribution in [0, 0.1) is 0 Å². The summed E-state index contributed by atoms with van der Waals surface area (Å²) in [6, 6.07) is 15.6. The van der Waals surface area contributed by atoms with Gasteiger partial charge in [-0.1, -0.05) is 46.3 Å². The zero-order chi connectivity index (χ0) is 16.8. The summed E-state index contributed by atoms with van der Waals surface area (Å²) < 4.78 is 6.92. The number of esters is 1.